The summed E-state index contributed by atoms with van der Waals surface area (Å²) in [6.45, 7) is 2.37. The maximum Gasteiger partial charge on any atom is 0.255 e. The molecule has 2 aromatic carbocycles. The molecule has 3 aromatic rings. The molecule has 1 saturated heterocycles. The van der Waals surface area contributed by atoms with Crippen LogP contribution < -0.4 is 5.56 Å². The van der Waals surface area contributed by atoms with Crippen molar-refractivity contribution >= 4 is 10.8 Å². The lowest BCUT2D eigenvalue weighted by Crippen LogP contribution is -2.29. The maximum absolute atomic E-state index is 11.8. The molecule has 0 spiro atoms. The normalized spacial score (nSPS) is 16.5. The highest BCUT2D eigenvalue weighted by molar-refractivity contribution is 5.86. The summed E-state index contributed by atoms with van der Waals surface area (Å²) in [5.41, 5.74) is 3.78. The summed E-state index contributed by atoms with van der Waals surface area (Å²) in [5.74, 6) is 0.686. The molecule has 3 heteroatoms. The Kier molecular flexibility index (Phi) is 3.95. The summed E-state index contributed by atoms with van der Waals surface area (Å²) in [6, 6.07) is 16.9. The third-order valence-electron chi connectivity index (χ3n) is 5.21. The maximum atomic E-state index is 11.8. The molecule has 1 aromatic heterocycles. The van der Waals surface area contributed by atoms with Gasteiger partial charge >= 0.3 is 0 Å². The summed E-state index contributed by atoms with van der Waals surface area (Å²) < 4.78 is 0. The number of nitrogens with one attached hydrogen (secondary N) is 1. The number of piperidine rings is 1. The molecule has 0 atom stereocenters. The molecule has 3 nitrogen and oxygen atoms in total. The highest BCUT2D eigenvalue weighted by Crippen LogP contribution is 2.30. The van der Waals surface area contributed by atoms with Gasteiger partial charge < -0.3 is 9.88 Å². The Morgan fingerprint density at radius 1 is 0.958 bits per heavy atom. The zero-order valence-corrected chi connectivity index (χ0v) is 14.0. The van der Waals surface area contributed by atoms with Crippen molar-refractivity contribution in [1.82, 2.24) is 9.88 Å². The molecule has 24 heavy (non-hydrogen) atoms. The number of fused-ring (bicyclic) bond motifs is 1. The zero-order valence-electron chi connectivity index (χ0n) is 14.0. The molecular weight excluding hydrogens is 296 g/mol. The summed E-state index contributed by atoms with van der Waals surface area (Å²) in [5, 5.41) is 1.72. The number of hydrogen-bond acceptors (Lipinski definition) is 2. The standard InChI is InChI=1S/C21H22N2O/c1-23-12-9-17(10-13-23)15-2-4-16(5-3-15)18-6-7-20-19(14-18)8-11-22-21(20)24/h2-8,11,14,17H,9-10,12-13H2,1H3,(H,22,24). The second kappa shape index (κ2) is 6.25. The molecule has 1 aliphatic heterocycles. The molecule has 0 saturated carbocycles. The molecular formula is C21H22N2O. The Bertz CT molecular complexity index is 903. The van der Waals surface area contributed by atoms with Crippen LogP contribution in [-0.4, -0.2) is 30.0 Å². The second-order valence-corrected chi connectivity index (χ2v) is 6.81. The Labute approximate surface area is 141 Å². The van der Waals surface area contributed by atoms with Gasteiger partial charge in [0.15, 0.2) is 0 Å². The first kappa shape index (κ1) is 15.2. The van der Waals surface area contributed by atoms with Crippen molar-refractivity contribution in [1.29, 1.82) is 0 Å². The lowest BCUT2D eigenvalue weighted by molar-refractivity contribution is 0.255. The van der Waals surface area contributed by atoms with Gasteiger partial charge in [0.2, 0.25) is 0 Å². The van der Waals surface area contributed by atoms with Gasteiger partial charge in [-0.25, -0.2) is 0 Å². The summed E-state index contributed by atoms with van der Waals surface area (Å²) in [4.78, 5) is 16.9. The number of aromatic nitrogens is 1. The van der Waals surface area contributed by atoms with Crippen LogP contribution in [0.1, 0.15) is 24.3 Å². The SMILES string of the molecule is CN1CCC(c2ccc(-c3ccc4c(=O)[nH]ccc4c3)cc2)CC1. The van der Waals surface area contributed by atoms with Crippen LogP contribution in [0.3, 0.4) is 0 Å². The molecule has 122 valence electrons. The number of rotatable bonds is 2. The third kappa shape index (κ3) is 2.87. The van der Waals surface area contributed by atoms with E-state index in [0.717, 1.165) is 16.3 Å². The Balaban J connectivity index is 1.62. The predicted octanol–water partition coefficient (Wildman–Crippen LogP) is 4.00. The van der Waals surface area contributed by atoms with E-state index in [0.29, 0.717) is 5.92 Å². The average Bonchev–Trinajstić information content (AvgIpc) is 2.62. The van der Waals surface area contributed by atoms with E-state index in [-0.39, 0.29) is 5.56 Å². The van der Waals surface area contributed by atoms with Crippen LogP contribution in [0.2, 0.25) is 0 Å². The van der Waals surface area contributed by atoms with Crippen LogP contribution in [0.15, 0.2) is 59.5 Å². The molecule has 2 heterocycles. The first-order valence-electron chi connectivity index (χ1n) is 8.61. The Hall–Kier alpha value is -2.39. The van der Waals surface area contributed by atoms with E-state index >= 15 is 0 Å². The van der Waals surface area contributed by atoms with Gasteiger partial charge in [0.25, 0.3) is 5.56 Å². The number of benzene rings is 2. The van der Waals surface area contributed by atoms with Gasteiger partial charge in [-0.05, 0) is 79.2 Å². The van der Waals surface area contributed by atoms with Crippen LogP contribution in [0.25, 0.3) is 21.9 Å². The van der Waals surface area contributed by atoms with Crippen molar-refractivity contribution in [2.45, 2.75) is 18.8 Å². The summed E-state index contributed by atoms with van der Waals surface area (Å²) >= 11 is 0. The largest absolute Gasteiger partial charge is 0.329 e. The van der Waals surface area contributed by atoms with Crippen LogP contribution in [0.5, 0.6) is 0 Å². The van der Waals surface area contributed by atoms with Crippen molar-refractivity contribution < 1.29 is 0 Å². The summed E-state index contributed by atoms with van der Waals surface area (Å²) in [7, 11) is 2.20. The number of H-pyrrole nitrogens is 1. The molecule has 4 rings (SSSR count). The van der Waals surface area contributed by atoms with E-state index < -0.39 is 0 Å². The number of pyridine rings is 1. The van der Waals surface area contributed by atoms with Crippen molar-refractivity contribution in [3.8, 4) is 11.1 Å². The van der Waals surface area contributed by atoms with Gasteiger partial charge in [-0.1, -0.05) is 30.3 Å². The first-order chi connectivity index (χ1) is 11.7. The number of likely N-dealkylation sites (tertiary alicyclic amines) is 1. The van der Waals surface area contributed by atoms with Crippen LogP contribution in [0, 0.1) is 0 Å². The molecule has 0 bridgehead atoms. The Morgan fingerprint density at radius 3 is 2.42 bits per heavy atom. The van der Waals surface area contributed by atoms with Crippen LogP contribution in [0.4, 0.5) is 0 Å². The van der Waals surface area contributed by atoms with Gasteiger partial charge in [-0.15, -0.1) is 0 Å². The quantitative estimate of drug-likeness (QED) is 0.775. The van der Waals surface area contributed by atoms with E-state index in [1.165, 1.54) is 37.1 Å². The smallest absolute Gasteiger partial charge is 0.255 e. The average molecular weight is 318 g/mol. The van der Waals surface area contributed by atoms with Gasteiger partial charge in [0.1, 0.15) is 0 Å². The second-order valence-electron chi connectivity index (χ2n) is 6.81. The molecule has 0 radical (unpaired) electrons. The number of hydrogen-bond donors (Lipinski definition) is 1. The topological polar surface area (TPSA) is 36.1 Å². The number of nitrogens with zero attached hydrogens (tertiary/aromatic N) is 1. The van der Waals surface area contributed by atoms with Gasteiger partial charge in [0.05, 0.1) is 0 Å². The molecule has 0 amide bonds. The molecule has 1 N–H and O–H groups in total. The minimum Gasteiger partial charge on any atom is -0.329 e. The Morgan fingerprint density at radius 2 is 1.67 bits per heavy atom. The van der Waals surface area contributed by atoms with E-state index in [9.17, 15) is 4.79 Å². The first-order valence-corrected chi connectivity index (χ1v) is 8.61. The molecule has 0 aliphatic carbocycles. The van der Waals surface area contributed by atoms with Crippen LogP contribution >= 0.6 is 0 Å². The van der Waals surface area contributed by atoms with Crippen molar-refractivity contribution in [3.05, 3.63) is 70.6 Å². The predicted molar refractivity (Wildman–Crippen MR) is 99.5 cm³/mol. The fourth-order valence-electron chi connectivity index (χ4n) is 3.66. The van der Waals surface area contributed by atoms with Crippen molar-refractivity contribution in [2.75, 3.05) is 20.1 Å². The van der Waals surface area contributed by atoms with Crippen LogP contribution in [-0.2, 0) is 0 Å². The monoisotopic (exact) mass is 318 g/mol. The minimum atomic E-state index is -0.0309. The third-order valence-corrected chi connectivity index (χ3v) is 5.21. The molecule has 0 unspecified atom stereocenters. The van der Waals surface area contributed by atoms with Gasteiger partial charge in [-0.3, -0.25) is 4.79 Å². The van der Waals surface area contributed by atoms with Crippen molar-refractivity contribution in [2.24, 2.45) is 0 Å². The van der Waals surface area contributed by atoms with E-state index in [4.69, 9.17) is 0 Å². The molecule has 1 aliphatic rings. The fourth-order valence-corrected chi connectivity index (χ4v) is 3.66. The number of aromatic amines is 1. The van der Waals surface area contributed by atoms with E-state index in [1.54, 1.807) is 6.20 Å². The summed E-state index contributed by atoms with van der Waals surface area (Å²) in [6.07, 6.45) is 4.20. The van der Waals surface area contributed by atoms with Gasteiger partial charge in [-0.2, -0.15) is 0 Å². The minimum absolute atomic E-state index is 0.0309. The molecule has 1 fully saturated rings. The van der Waals surface area contributed by atoms with Crippen molar-refractivity contribution in [3.63, 3.8) is 0 Å². The lowest BCUT2D eigenvalue weighted by atomic mass is 9.88. The highest BCUT2D eigenvalue weighted by atomic mass is 16.1. The van der Waals surface area contributed by atoms with Gasteiger partial charge in [0, 0.05) is 11.6 Å². The highest BCUT2D eigenvalue weighted by Gasteiger charge is 2.18. The van der Waals surface area contributed by atoms with E-state index in [2.05, 4.69) is 47.3 Å². The lowest BCUT2D eigenvalue weighted by Gasteiger charge is -2.29. The zero-order chi connectivity index (χ0) is 16.5. The fraction of sp³-hybridized carbons (Fsp3) is 0.286. The van der Waals surface area contributed by atoms with E-state index in [1.807, 2.05) is 18.2 Å².